The Labute approximate surface area is 243 Å². The Morgan fingerprint density at radius 1 is 0.925 bits per heavy atom. The van der Waals surface area contributed by atoms with Crippen molar-refractivity contribution in [2.45, 2.75) is 58.5 Å². The van der Waals surface area contributed by atoms with Crippen LogP contribution in [0.5, 0.6) is 0 Å². The van der Waals surface area contributed by atoms with Gasteiger partial charge in [0.05, 0.1) is 10.6 Å². The maximum Gasteiger partial charge on any atom is 0.264 e. The number of carbonyl (C=O) groups is 2. The van der Waals surface area contributed by atoms with Crippen molar-refractivity contribution < 1.29 is 18.0 Å². The Hall–Kier alpha value is -3.36. The second kappa shape index (κ2) is 13.8. The first-order valence-electron chi connectivity index (χ1n) is 13.4. The normalized spacial score (nSPS) is 12.2. The predicted molar refractivity (Wildman–Crippen MR) is 161 cm³/mol. The molecule has 0 aromatic heterocycles. The molecule has 40 heavy (non-hydrogen) atoms. The van der Waals surface area contributed by atoms with Gasteiger partial charge in [-0.1, -0.05) is 86.0 Å². The van der Waals surface area contributed by atoms with E-state index in [0.717, 1.165) is 21.0 Å². The number of aryl methyl sites for hydroxylation is 2. The van der Waals surface area contributed by atoms with Gasteiger partial charge >= 0.3 is 0 Å². The zero-order valence-electron chi connectivity index (χ0n) is 23.7. The minimum Gasteiger partial charge on any atom is -0.354 e. The van der Waals surface area contributed by atoms with E-state index in [1.54, 1.807) is 30.3 Å². The molecule has 3 aromatic rings. The summed E-state index contributed by atoms with van der Waals surface area (Å²) in [4.78, 5) is 28.9. The molecule has 0 aliphatic carbocycles. The number of hydrogen-bond donors (Lipinski definition) is 1. The van der Waals surface area contributed by atoms with E-state index in [2.05, 4.69) is 5.32 Å². The number of carbonyl (C=O) groups excluding carboxylic acids is 2. The van der Waals surface area contributed by atoms with Crippen LogP contribution in [0.2, 0.25) is 5.02 Å². The smallest absolute Gasteiger partial charge is 0.264 e. The molecule has 0 radical (unpaired) electrons. The summed E-state index contributed by atoms with van der Waals surface area (Å²) in [5.41, 5.74) is 3.03. The van der Waals surface area contributed by atoms with Gasteiger partial charge in [0.1, 0.15) is 12.6 Å². The third-order valence-corrected chi connectivity index (χ3v) is 8.51. The van der Waals surface area contributed by atoms with Gasteiger partial charge in [0.15, 0.2) is 0 Å². The van der Waals surface area contributed by atoms with Gasteiger partial charge in [0.2, 0.25) is 11.8 Å². The van der Waals surface area contributed by atoms with Crippen LogP contribution in [0.4, 0.5) is 5.69 Å². The zero-order chi connectivity index (χ0) is 29.4. The monoisotopic (exact) mass is 583 g/mol. The van der Waals surface area contributed by atoms with Crippen LogP contribution in [0, 0.1) is 19.8 Å². The van der Waals surface area contributed by atoms with Crippen LogP contribution in [0.15, 0.2) is 77.7 Å². The van der Waals surface area contributed by atoms with E-state index in [4.69, 9.17) is 11.6 Å². The number of hydrogen-bond acceptors (Lipinski definition) is 4. The third-order valence-electron chi connectivity index (χ3n) is 6.49. The van der Waals surface area contributed by atoms with Crippen LogP contribution < -0.4 is 9.62 Å². The molecule has 0 saturated carbocycles. The SMILES string of the molecule is CC[C@@H](C(=O)NCC(C)C)N(Cc1cccc(C)c1)C(=O)CN(c1cccc(Cl)c1)S(=O)(=O)c1ccc(C)cc1. The Balaban J connectivity index is 2.05. The fourth-order valence-electron chi connectivity index (χ4n) is 4.35. The summed E-state index contributed by atoms with van der Waals surface area (Å²) in [6, 6.07) is 19.8. The van der Waals surface area contributed by atoms with Crippen molar-refractivity contribution in [3.05, 3.63) is 94.5 Å². The average Bonchev–Trinajstić information content (AvgIpc) is 2.90. The summed E-state index contributed by atoms with van der Waals surface area (Å²) in [7, 11) is -4.14. The van der Waals surface area contributed by atoms with Gasteiger partial charge in [-0.25, -0.2) is 8.42 Å². The molecule has 3 aromatic carbocycles. The lowest BCUT2D eigenvalue weighted by Crippen LogP contribution is -2.52. The number of sulfonamides is 1. The van der Waals surface area contributed by atoms with Crippen LogP contribution in [0.1, 0.15) is 43.9 Å². The van der Waals surface area contributed by atoms with E-state index in [1.807, 2.05) is 58.9 Å². The first-order valence-corrected chi connectivity index (χ1v) is 15.2. The van der Waals surface area contributed by atoms with Gasteiger partial charge in [0.25, 0.3) is 10.0 Å². The lowest BCUT2D eigenvalue weighted by Gasteiger charge is -2.33. The van der Waals surface area contributed by atoms with E-state index >= 15 is 0 Å². The number of rotatable bonds is 12. The minimum atomic E-state index is -4.14. The molecule has 1 atom stereocenters. The quantitative estimate of drug-likeness (QED) is 0.295. The van der Waals surface area contributed by atoms with Crippen molar-refractivity contribution in [1.29, 1.82) is 0 Å². The van der Waals surface area contributed by atoms with Gasteiger partial charge < -0.3 is 10.2 Å². The standard InChI is InChI=1S/C31H38ClN3O4S/c1-6-29(31(37)33-19-22(2)3)34(20-25-10-7-9-24(5)17-25)30(36)21-35(27-12-8-11-26(32)18-27)40(38,39)28-15-13-23(4)14-16-28/h7-18,22,29H,6,19-21H2,1-5H3,(H,33,37)/t29-/m0/s1. The first kappa shape index (κ1) is 31.2. The van der Waals surface area contributed by atoms with E-state index in [0.29, 0.717) is 18.0 Å². The van der Waals surface area contributed by atoms with E-state index in [9.17, 15) is 18.0 Å². The highest BCUT2D eigenvalue weighted by Gasteiger charge is 2.33. The predicted octanol–water partition coefficient (Wildman–Crippen LogP) is 5.73. The Bertz CT molecular complexity index is 1420. The van der Waals surface area contributed by atoms with E-state index < -0.39 is 28.5 Å². The lowest BCUT2D eigenvalue weighted by atomic mass is 10.1. The summed E-state index contributed by atoms with van der Waals surface area (Å²) in [6.07, 6.45) is 0.364. The second-order valence-corrected chi connectivity index (χ2v) is 12.7. The molecule has 2 amide bonds. The van der Waals surface area contributed by atoms with Crippen LogP contribution in [-0.4, -0.2) is 44.3 Å². The largest absolute Gasteiger partial charge is 0.354 e. The van der Waals surface area contributed by atoms with Gasteiger partial charge in [0, 0.05) is 18.1 Å². The van der Waals surface area contributed by atoms with Gasteiger partial charge in [-0.2, -0.15) is 0 Å². The fraction of sp³-hybridized carbons (Fsp3) is 0.355. The maximum absolute atomic E-state index is 14.1. The van der Waals surface area contributed by atoms with Crippen molar-refractivity contribution in [3.63, 3.8) is 0 Å². The number of nitrogens with one attached hydrogen (secondary N) is 1. The Kier molecular flexibility index (Phi) is 10.8. The molecule has 0 fully saturated rings. The molecular formula is C31H38ClN3O4S. The maximum atomic E-state index is 14.1. The topological polar surface area (TPSA) is 86.8 Å². The van der Waals surface area contributed by atoms with Crippen molar-refractivity contribution in [2.75, 3.05) is 17.4 Å². The Morgan fingerprint density at radius 2 is 1.60 bits per heavy atom. The minimum absolute atomic E-state index is 0.0535. The average molecular weight is 584 g/mol. The molecule has 7 nitrogen and oxygen atoms in total. The number of benzene rings is 3. The summed E-state index contributed by atoms with van der Waals surface area (Å²) >= 11 is 6.23. The van der Waals surface area contributed by atoms with Crippen molar-refractivity contribution in [1.82, 2.24) is 10.2 Å². The van der Waals surface area contributed by atoms with Crippen LogP contribution >= 0.6 is 11.6 Å². The molecule has 0 heterocycles. The summed E-state index contributed by atoms with van der Waals surface area (Å²) in [5.74, 6) is -0.531. The summed E-state index contributed by atoms with van der Waals surface area (Å²) in [6.45, 7) is 9.78. The Morgan fingerprint density at radius 3 is 2.20 bits per heavy atom. The molecular weight excluding hydrogens is 546 g/mol. The molecule has 0 aliphatic rings. The second-order valence-electron chi connectivity index (χ2n) is 10.4. The third kappa shape index (κ3) is 8.08. The van der Waals surface area contributed by atoms with Crippen LogP contribution in [0.3, 0.4) is 0 Å². The zero-order valence-corrected chi connectivity index (χ0v) is 25.3. The molecule has 0 spiro atoms. The molecule has 214 valence electrons. The van der Waals surface area contributed by atoms with Crippen molar-refractivity contribution in [2.24, 2.45) is 5.92 Å². The highest BCUT2D eigenvalue weighted by molar-refractivity contribution is 7.92. The number of nitrogens with zero attached hydrogens (tertiary/aromatic N) is 2. The van der Waals surface area contributed by atoms with Gasteiger partial charge in [-0.05, 0) is 62.1 Å². The first-order chi connectivity index (χ1) is 18.9. The van der Waals surface area contributed by atoms with Crippen molar-refractivity contribution in [3.8, 4) is 0 Å². The molecule has 0 unspecified atom stereocenters. The molecule has 0 aliphatic heterocycles. The van der Waals surface area contributed by atoms with E-state index in [1.165, 1.54) is 23.1 Å². The van der Waals surface area contributed by atoms with Gasteiger partial charge in [-0.3, -0.25) is 13.9 Å². The number of amides is 2. The van der Waals surface area contributed by atoms with Gasteiger partial charge in [-0.15, -0.1) is 0 Å². The fourth-order valence-corrected chi connectivity index (χ4v) is 5.94. The summed E-state index contributed by atoms with van der Waals surface area (Å²) in [5, 5.41) is 3.28. The van der Waals surface area contributed by atoms with Crippen LogP contribution in [-0.2, 0) is 26.2 Å². The van der Waals surface area contributed by atoms with E-state index in [-0.39, 0.29) is 29.0 Å². The molecule has 3 rings (SSSR count). The molecule has 0 saturated heterocycles. The van der Waals surface area contributed by atoms with Crippen molar-refractivity contribution >= 4 is 39.1 Å². The molecule has 0 bridgehead atoms. The molecule has 1 N–H and O–H groups in total. The highest BCUT2D eigenvalue weighted by atomic mass is 35.5. The summed E-state index contributed by atoms with van der Waals surface area (Å²) < 4.78 is 28.9. The molecule has 9 heteroatoms. The highest BCUT2D eigenvalue weighted by Crippen LogP contribution is 2.27. The number of anilines is 1. The number of halogens is 1. The lowest BCUT2D eigenvalue weighted by molar-refractivity contribution is -0.140. The van der Waals surface area contributed by atoms with Crippen LogP contribution in [0.25, 0.3) is 0 Å².